The van der Waals surface area contributed by atoms with Crippen molar-refractivity contribution in [2.45, 2.75) is 51.0 Å². The first-order chi connectivity index (χ1) is 8.84. The zero-order valence-corrected chi connectivity index (χ0v) is 10.9. The van der Waals surface area contributed by atoms with Gasteiger partial charge in [-0.25, -0.2) is 0 Å². The second-order valence-corrected chi connectivity index (χ2v) is 6.32. The Morgan fingerprint density at radius 2 is 2.06 bits per heavy atom. The van der Waals surface area contributed by atoms with Crippen molar-refractivity contribution in [1.82, 2.24) is 5.32 Å². The summed E-state index contributed by atoms with van der Waals surface area (Å²) in [7, 11) is 0. The van der Waals surface area contributed by atoms with Gasteiger partial charge in [0.1, 0.15) is 0 Å². The van der Waals surface area contributed by atoms with E-state index in [-0.39, 0.29) is 0 Å². The van der Waals surface area contributed by atoms with Crippen LogP contribution in [0.4, 0.5) is 0 Å². The zero-order valence-electron chi connectivity index (χ0n) is 10.9. The Hall–Kier alpha value is -0.890. The third-order valence-corrected chi connectivity index (χ3v) is 5.43. The van der Waals surface area contributed by atoms with E-state index >= 15 is 0 Å². The van der Waals surface area contributed by atoms with Crippen LogP contribution in [0.1, 0.15) is 44.9 Å². The molecule has 0 aromatic rings. The number of hydrogen-bond acceptors (Lipinski definition) is 2. The van der Waals surface area contributed by atoms with Crippen LogP contribution >= 0.6 is 0 Å². The number of piperidine rings is 1. The molecular formula is C16H21NO. The summed E-state index contributed by atoms with van der Waals surface area (Å²) in [6, 6.07) is 0.581. The van der Waals surface area contributed by atoms with E-state index in [9.17, 15) is 4.79 Å². The van der Waals surface area contributed by atoms with Gasteiger partial charge >= 0.3 is 0 Å². The summed E-state index contributed by atoms with van der Waals surface area (Å²) < 4.78 is 0. The summed E-state index contributed by atoms with van der Waals surface area (Å²) in [5, 5.41) is 3.63. The van der Waals surface area contributed by atoms with E-state index in [2.05, 4.69) is 5.32 Å². The molecule has 2 nitrogen and oxygen atoms in total. The summed E-state index contributed by atoms with van der Waals surface area (Å²) in [4.78, 5) is 12.5. The Morgan fingerprint density at radius 1 is 1.11 bits per heavy atom. The summed E-state index contributed by atoms with van der Waals surface area (Å²) in [5.41, 5.74) is 4.22. The molecule has 1 aliphatic heterocycles. The van der Waals surface area contributed by atoms with Crippen LogP contribution in [0.5, 0.6) is 0 Å². The van der Waals surface area contributed by atoms with E-state index in [0.29, 0.717) is 23.7 Å². The van der Waals surface area contributed by atoms with Gasteiger partial charge in [0.05, 0.1) is 0 Å². The molecule has 0 amide bonds. The van der Waals surface area contributed by atoms with E-state index in [1.807, 2.05) is 6.08 Å². The van der Waals surface area contributed by atoms with E-state index in [0.717, 1.165) is 13.0 Å². The largest absolute Gasteiger partial charge is 0.313 e. The highest BCUT2D eigenvalue weighted by molar-refractivity contribution is 6.07. The highest BCUT2D eigenvalue weighted by atomic mass is 16.1. The number of ketones is 1. The van der Waals surface area contributed by atoms with Gasteiger partial charge in [-0.15, -0.1) is 0 Å². The van der Waals surface area contributed by atoms with Crippen molar-refractivity contribution in [2.75, 3.05) is 6.54 Å². The normalized spacial score (nSPS) is 39.0. The summed E-state index contributed by atoms with van der Waals surface area (Å²) in [5.74, 6) is 1.53. The average molecular weight is 243 g/mol. The Morgan fingerprint density at radius 3 is 3.00 bits per heavy atom. The van der Waals surface area contributed by atoms with Crippen LogP contribution in [0.3, 0.4) is 0 Å². The van der Waals surface area contributed by atoms with Gasteiger partial charge < -0.3 is 5.32 Å². The van der Waals surface area contributed by atoms with Gasteiger partial charge in [0.25, 0.3) is 0 Å². The maximum atomic E-state index is 12.5. The number of allylic oxidation sites excluding steroid dienone is 3. The van der Waals surface area contributed by atoms with Crippen LogP contribution in [0.15, 0.2) is 22.8 Å². The molecule has 1 N–H and O–H groups in total. The van der Waals surface area contributed by atoms with Gasteiger partial charge in [0, 0.05) is 23.5 Å². The predicted molar refractivity (Wildman–Crippen MR) is 71.2 cm³/mol. The molecule has 1 saturated carbocycles. The fraction of sp³-hybridized carbons (Fsp3) is 0.688. The maximum absolute atomic E-state index is 12.5. The quantitative estimate of drug-likeness (QED) is 0.709. The van der Waals surface area contributed by atoms with E-state index in [4.69, 9.17) is 0 Å². The van der Waals surface area contributed by atoms with Crippen molar-refractivity contribution in [1.29, 1.82) is 0 Å². The Balaban J connectivity index is 1.76. The van der Waals surface area contributed by atoms with Crippen molar-refractivity contribution in [3.05, 3.63) is 22.8 Å². The van der Waals surface area contributed by atoms with Gasteiger partial charge in [0.15, 0.2) is 5.78 Å². The first kappa shape index (κ1) is 11.0. The highest BCUT2D eigenvalue weighted by Gasteiger charge is 2.41. The molecule has 0 radical (unpaired) electrons. The molecule has 0 aromatic carbocycles. The Kier molecular flexibility index (Phi) is 2.47. The van der Waals surface area contributed by atoms with Crippen molar-refractivity contribution < 1.29 is 4.79 Å². The molecule has 2 fully saturated rings. The Bertz CT molecular complexity index is 460. The van der Waals surface area contributed by atoms with Crippen LogP contribution < -0.4 is 5.32 Å². The van der Waals surface area contributed by atoms with Crippen LogP contribution in [-0.4, -0.2) is 18.4 Å². The predicted octanol–water partition coefficient (Wildman–Crippen LogP) is 2.75. The minimum Gasteiger partial charge on any atom is -0.313 e. The van der Waals surface area contributed by atoms with E-state index in [1.165, 1.54) is 49.7 Å². The number of nitrogens with one attached hydrogen (secondary N) is 1. The van der Waals surface area contributed by atoms with Crippen molar-refractivity contribution in [3.63, 3.8) is 0 Å². The zero-order chi connectivity index (χ0) is 12.1. The van der Waals surface area contributed by atoms with E-state index < -0.39 is 0 Å². The van der Waals surface area contributed by atoms with Gasteiger partial charge in [-0.3, -0.25) is 4.79 Å². The molecule has 18 heavy (non-hydrogen) atoms. The Labute approximate surface area is 109 Å². The molecule has 4 rings (SSSR count). The summed E-state index contributed by atoms with van der Waals surface area (Å²) in [6.07, 6.45) is 10.6. The van der Waals surface area contributed by atoms with Gasteiger partial charge in [-0.2, -0.15) is 0 Å². The fourth-order valence-electron chi connectivity index (χ4n) is 4.68. The lowest BCUT2D eigenvalue weighted by Gasteiger charge is -2.41. The maximum Gasteiger partial charge on any atom is 0.182 e. The molecular weight excluding hydrogens is 222 g/mol. The second-order valence-electron chi connectivity index (χ2n) is 6.32. The number of carbonyl (C=O) groups excluding carboxylic acids is 1. The van der Waals surface area contributed by atoms with Crippen LogP contribution in [0, 0.1) is 11.8 Å². The molecule has 2 heteroatoms. The molecule has 0 bridgehead atoms. The molecule has 3 aliphatic carbocycles. The molecule has 0 aromatic heterocycles. The standard InChI is InChI=1S/C16H21NO/c18-15-9-10-3-1-4-11(10)12-6-7-14-13(16(12)15)5-2-8-17-14/h9,11,13-14,17H,1-8H2. The first-order valence-corrected chi connectivity index (χ1v) is 7.55. The molecule has 4 aliphatic rings. The van der Waals surface area contributed by atoms with Crippen LogP contribution in [0.25, 0.3) is 0 Å². The monoisotopic (exact) mass is 243 g/mol. The number of rotatable bonds is 0. The number of carbonyl (C=O) groups is 1. The second kappa shape index (κ2) is 4.06. The van der Waals surface area contributed by atoms with Crippen LogP contribution in [-0.2, 0) is 4.79 Å². The number of hydrogen-bond donors (Lipinski definition) is 1. The molecule has 96 valence electrons. The summed E-state index contributed by atoms with van der Waals surface area (Å²) in [6.45, 7) is 1.14. The van der Waals surface area contributed by atoms with Crippen LogP contribution in [0.2, 0.25) is 0 Å². The van der Waals surface area contributed by atoms with Gasteiger partial charge in [-0.05, 0) is 57.6 Å². The molecule has 1 saturated heterocycles. The molecule has 0 spiro atoms. The number of fused-ring (bicyclic) bond motifs is 4. The van der Waals surface area contributed by atoms with Gasteiger partial charge in [-0.1, -0.05) is 11.1 Å². The third-order valence-electron chi connectivity index (χ3n) is 5.43. The minimum atomic E-state index is 0.358. The van der Waals surface area contributed by atoms with Crippen molar-refractivity contribution >= 4 is 5.78 Å². The first-order valence-electron chi connectivity index (χ1n) is 7.55. The minimum absolute atomic E-state index is 0.358. The summed E-state index contributed by atoms with van der Waals surface area (Å²) >= 11 is 0. The fourth-order valence-corrected chi connectivity index (χ4v) is 4.68. The average Bonchev–Trinajstić information content (AvgIpc) is 2.86. The molecule has 3 unspecified atom stereocenters. The highest BCUT2D eigenvalue weighted by Crippen LogP contribution is 2.48. The third kappa shape index (κ3) is 1.48. The lowest BCUT2D eigenvalue weighted by molar-refractivity contribution is -0.112. The van der Waals surface area contributed by atoms with Gasteiger partial charge in [0.2, 0.25) is 0 Å². The topological polar surface area (TPSA) is 29.1 Å². The smallest absolute Gasteiger partial charge is 0.182 e. The van der Waals surface area contributed by atoms with Crippen molar-refractivity contribution in [3.8, 4) is 0 Å². The van der Waals surface area contributed by atoms with Crippen molar-refractivity contribution in [2.24, 2.45) is 11.8 Å². The lowest BCUT2D eigenvalue weighted by atomic mass is 9.67. The molecule has 3 atom stereocenters. The molecule has 1 heterocycles. The SMILES string of the molecule is O=C1C=C2CCCC2C2=C1C1CCCNC1CC2. The van der Waals surface area contributed by atoms with E-state index in [1.54, 1.807) is 5.57 Å². The lowest BCUT2D eigenvalue weighted by Crippen LogP contribution is -2.46.